The van der Waals surface area contributed by atoms with Crippen molar-refractivity contribution in [3.05, 3.63) is 57.3 Å². The van der Waals surface area contributed by atoms with E-state index in [1.165, 1.54) is 19.3 Å². The number of rotatable bonds is 4. The molecule has 0 N–H and O–H groups in total. The average Bonchev–Trinajstić information content (AvgIpc) is 3.92. The standard InChI is InChI=1S/C48H50O2S/c1-50-24(49)4-5-47(23-3-2-6-51-23)46-22-13-20-11-17-9-18-8-15-7-16-10-19-12-21-14-48(46,47)45-31(21)36-30(19)35-26(16)25(15)33-29(18)34-27(17)28(20)37-32(22)44(45)43-41(36)39(35)38(33)40(34)42(37)43/h2-3,6,10-11,14-15,17-19,22,25-46H,4-5,7-9,12-13H2,1H3. The summed E-state index contributed by atoms with van der Waals surface area (Å²) in [5, 5.41) is 2.39. The smallest absolute Gasteiger partial charge is 0.305 e. The van der Waals surface area contributed by atoms with Gasteiger partial charge in [-0.3, -0.25) is 4.79 Å². The Hall–Kier alpha value is -1.61. The van der Waals surface area contributed by atoms with Gasteiger partial charge in [0, 0.05) is 22.1 Å². The predicted octanol–water partition coefficient (Wildman–Crippen LogP) is 8.52. The van der Waals surface area contributed by atoms with E-state index in [2.05, 4.69) is 52.7 Å². The molecule has 0 amide bonds. The molecule has 29 atom stereocenters. The van der Waals surface area contributed by atoms with Crippen molar-refractivity contribution in [2.24, 2.45) is 165 Å². The number of ether oxygens (including phenoxy) is 1. The van der Waals surface area contributed by atoms with Crippen LogP contribution in [0.25, 0.3) is 0 Å². The van der Waals surface area contributed by atoms with E-state index in [1.54, 1.807) is 24.8 Å². The first-order valence-electron chi connectivity index (χ1n) is 22.4. The third kappa shape index (κ3) is 2.12. The van der Waals surface area contributed by atoms with Gasteiger partial charge in [-0.05, 0) is 210 Å². The summed E-state index contributed by atoms with van der Waals surface area (Å²) < 4.78 is 5.46. The first-order chi connectivity index (χ1) is 25.2. The van der Waals surface area contributed by atoms with Crippen molar-refractivity contribution in [2.45, 2.75) is 50.4 Å². The average molecular weight is 691 g/mol. The molecule has 17 aliphatic carbocycles. The molecule has 260 valence electrons. The van der Waals surface area contributed by atoms with Crippen LogP contribution >= 0.6 is 11.3 Å². The van der Waals surface area contributed by atoms with E-state index in [4.69, 9.17) is 4.74 Å². The van der Waals surface area contributed by atoms with Crippen LogP contribution < -0.4 is 0 Å². The monoisotopic (exact) mass is 690 g/mol. The first-order valence-corrected chi connectivity index (χ1v) is 23.3. The maximum atomic E-state index is 13.2. The van der Waals surface area contributed by atoms with Crippen LogP contribution in [0.15, 0.2) is 52.5 Å². The lowest BCUT2D eigenvalue weighted by Crippen LogP contribution is -2.59. The van der Waals surface area contributed by atoms with E-state index in [0.29, 0.717) is 11.8 Å². The number of methoxy groups -OCH3 is 1. The number of thiophene rings is 1. The molecule has 1 spiro atoms. The highest BCUT2D eigenvalue weighted by Gasteiger charge is 2.94. The Labute approximate surface area is 305 Å². The van der Waals surface area contributed by atoms with E-state index >= 15 is 0 Å². The summed E-state index contributed by atoms with van der Waals surface area (Å²) in [6, 6.07) is 4.91. The molecule has 2 nitrogen and oxygen atoms in total. The molecule has 1 heterocycles. The normalized spacial score (nSPS) is 72.2. The second-order valence-corrected chi connectivity index (χ2v) is 24.1. The number of fused-ring (bicyclic) bond motifs is 1. The van der Waals surface area contributed by atoms with Crippen molar-refractivity contribution in [2.75, 3.05) is 7.11 Å². The van der Waals surface area contributed by atoms with Crippen LogP contribution in [0, 0.1) is 165 Å². The van der Waals surface area contributed by atoms with Crippen molar-refractivity contribution < 1.29 is 9.53 Å². The molecule has 17 aliphatic rings. The molecular formula is C48H50O2S. The molecule has 0 bridgehead atoms. The Kier molecular flexibility index (Phi) is 3.79. The van der Waals surface area contributed by atoms with Gasteiger partial charge in [-0.1, -0.05) is 41.0 Å². The Morgan fingerprint density at radius 1 is 0.706 bits per heavy atom. The summed E-state index contributed by atoms with van der Waals surface area (Å²) in [4.78, 5) is 14.8. The van der Waals surface area contributed by atoms with Gasteiger partial charge in [-0.25, -0.2) is 0 Å². The summed E-state index contributed by atoms with van der Waals surface area (Å²) >= 11 is 2.07. The van der Waals surface area contributed by atoms with Gasteiger partial charge in [0.2, 0.25) is 0 Å². The lowest BCUT2D eigenvalue weighted by Gasteiger charge is -2.62. The Bertz CT molecular complexity index is 2090. The predicted molar refractivity (Wildman–Crippen MR) is 191 cm³/mol. The molecule has 0 aromatic carbocycles. The van der Waals surface area contributed by atoms with Gasteiger partial charge in [0.05, 0.1) is 7.11 Å². The molecule has 0 aliphatic heterocycles. The number of carbonyl (C=O) groups excluding carboxylic acids is 1. The van der Waals surface area contributed by atoms with Crippen molar-refractivity contribution in [1.82, 2.24) is 0 Å². The van der Waals surface area contributed by atoms with Crippen LogP contribution in [0.2, 0.25) is 0 Å². The molecule has 14 saturated carbocycles. The van der Waals surface area contributed by atoms with Gasteiger partial charge >= 0.3 is 5.97 Å². The molecular weight excluding hydrogens is 641 g/mol. The SMILES string of the molecule is COC(=O)CCC1(c2cccs2)C2C3CC4=CC5CC6CC7CC8=CC9CC%10=CC21C1C%10C2C9C9C8C7C7C6C6C5C4C4C3C1C1C2C9C7C6C41. The minimum absolute atomic E-state index is 0.0308. The second kappa shape index (κ2) is 7.38. The number of carbonyl (C=O) groups is 1. The van der Waals surface area contributed by atoms with E-state index in [0.717, 1.165) is 166 Å². The van der Waals surface area contributed by atoms with Crippen molar-refractivity contribution in [3.8, 4) is 0 Å². The molecule has 51 heavy (non-hydrogen) atoms. The van der Waals surface area contributed by atoms with Crippen LogP contribution in [-0.4, -0.2) is 13.1 Å². The van der Waals surface area contributed by atoms with Gasteiger partial charge in [0.25, 0.3) is 0 Å². The maximum Gasteiger partial charge on any atom is 0.305 e. The number of hydrogen-bond donors (Lipinski definition) is 0. The Morgan fingerprint density at radius 2 is 1.43 bits per heavy atom. The van der Waals surface area contributed by atoms with Gasteiger partial charge in [0.1, 0.15) is 0 Å². The minimum atomic E-state index is 0.0308. The zero-order chi connectivity index (χ0) is 32.1. The highest BCUT2D eigenvalue weighted by molar-refractivity contribution is 7.10. The minimum Gasteiger partial charge on any atom is -0.469 e. The fourth-order valence-electron chi connectivity index (χ4n) is 25.6. The topological polar surface area (TPSA) is 26.3 Å². The van der Waals surface area contributed by atoms with Crippen molar-refractivity contribution in [3.63, 3.8) is 0 Å². The van der Waals surface area contributed by atoms with E-state index in [-0.39, 0.29) is 11.4 Å². The molecule has 0 saturated heterocycles. The fraction of sp³-hybridized carbons (Fsp3) is 0.771. The van der Waals surface area contributed by atoms with Gasteiger partial charge in [-0.2, -0.15) is 0 Å². The molecule has 0 radical (unpaired) electrons. The summed E-state index contributed by atoms with van der Waals surface area (Å²) in [6.07, 6.45) is 18.5. The number of allylic oxidation sites excluding steroid dienone is 6. The third-order valence-electron chi connectivity index (χ3n) is 24.1. The summed E-state index contributed by atoms with van der Waals surface area (Å²) in [7, 11) is 1.63. The fourth-order valence-corrected chi connectivity index (χ4v) is 26.7. The maximum absolute atomic E-state index is 13.2. The van der Waals surface area contributed by atoms with Gasteiger partial charge < -0.3 is 4.74 Å². The molecule has 29 unspecified atom stereocenters. The highest BCUT2D eigenvalue weighted by Crippen LogP contribution is 2.97. The molecule has 1 aromatic rings. The van der Waals surface area contributed by atoms with Crippen LogP contribution in [-0.2, 0) is 14.9 Å². The molecule has 1 aromatic heterocycles. The molecule has 18 rings (SSSR count). The lowest BCUT2D eigenvalue weighted by atomic mass is 9.42. The second-order valence-electron chi connectivity index (χ2n) is 23.2. The van der Waals surface area contributed by atoms with Crippen LogP contribution in [0.1, 0.15) is 49.8 Å². The van der Waals surface area contributed by atoms with Gasteiger partial charge in [-0.15, -0.1) is 11.3 Å². The first kappa shape index (κ1) is 26.2. The lowest BCUT2D eigenvalue weighted by molar-refractivity contribution is -0.145. The zero-order valence-corrected chi connectivity index (χ0v) is 30.5. The van der Waals surface area contributed by atoms with Crippen LogP contribution in [0.5, 0.6) is 0 Å². The summed E-state index contributed by atoms with van der Waals surface area (Å²) in [6.45, 7) is 0. The number of esters is 1. The summed E-state index contributed by atoms with van der Waals surface area (Å²) in [5.74, 6) is 27.4. The Morgan fingerprint density at radius 3 is 2.27 bits per heavy atom. The van der Waals surface area contributed by atoms with Crippen LogP contribution in [0.4, 0.5) is 0 Å². The van der Waals surface area contributed by atoms with Crippen molar-refractivity contribution >= 4 is 17.3 Å². The molecule has 14 fully saturated rings. The Balaban J connectivity index is 0.972. The van der Waals surface area contributed by atoms with E-state index in [9.17, 15) is 4.79 Å². The van der Waals surface area contributed by atoms with E-state index in [1.807, 2.05) is 11.1 Å². The zero-order valence-electron chi connectivity index (χ0n) is 29.7. The van der Waals surface area contributed by atoms with Crippen molar-refractivity contribution in [1.29, 1.82) is 0 Å². The number of hydrogen-bond acceptors (Lipinski definition) is 3. The highest BCUT2D eigenvalue weighted by atomic mass is 32.1. The van der Waals surface area contributed by atoms with Crippen LogP contribution in [0.3, 0.4) is 0 Å². The quantitative estimate of drug-likeness (QED) is 0.234. The third-order valence-corrected chi connectivity index (χ3v) is 25.2. The largest absolute Gasteiger partial charge is 0.469 e. The summed E-state index contributed by atoms with van der Waals surface area (Å²) in [5.41, 5.74) is 6.52. The van der Waals surface area contributed by atoms with Gasteiger partial charge in [0.15, 0.2) is 0 Å². The molecule has 3 heteroatoms. The van der Waals surface area contributed by atoms with E-state index < -0.39 is 0 Å².